The number of nitrogen functional groups attached to an aromatic ring is 1. The Morgan fingerprint density at radius 2 is 1.92 bits per heavy atom. The van der Waals surface area contributed by atoms with Gasteiger partial charge in [-0.1, -0.05) is 12.1 Å². The van der Waals surface area contributed by atoms with Gasteiger partial charge in [-0.05, 0) is 26.0 Å². The molecule has 4 N–H and O–H groups in total. The number of nitrogens with two attached hydrogens (primary N) is 2. The number of rotatable bonds is 3. The topological polar surface area (TPSA) is 52.0 Å². The van der Waals surface area contributed by atoms with Crippen molar-refractivity contribution in [1.82, 2.24) is 0 Å². The predicted molar refractivity (Wildman–Crippen MR) is 59.8 cm³/mol. The van der Waals surface area contributed by atoms with Crippen LogP contribution in [0.15, 0.2) is 29.2 Å². The van der Waals surface area contributed by atoms with Crippen LogP contribution in [0.3, 0.4) is 0 Å². The van der Waals surface area contributed by atoms with E-state index in [4.69, 9.17) is 11.5 Å². The molecule has 0 aliphatic rings. The molecule has 3 heteroatoms. The fourth-order valence-electron chi connectivity index (χ4n) is 0.913. The highest BCUT2D eigenvalue weighted by molar-refractivity contribution is 8.00. The number of hydrogen-bond donors (Lipinski definition) is 2. The van der Waals surface area contributed by atoms with Crippen molar-refractivity contribution in [1.29, 1.82) is 0 Å². The van der Waals surface area contributed by atoms with Gasteiger partial charge in [-0.2, -0.15) is 0 Å². The van der Waals surface area contributed by atoms with Crippen molar-refractivity contribution in [3.05, 3.63) is 24.3 Å². The van der Waals surface area contributed by atoms with Gasteiger partial charge in [0.2, 0.25) is 0 Å². The lowest BCUT2D eigenvalue weighted by Crippen LogP contribution is -2.26. The second kappa shape index (κ2) is 4.03. The summed E-state index contributed by atoms with van der Waals surface area (Å²) in [6, 6.07) is 7.87. The summed E-state index contributed by atoms with van der Waals surface area (Å²) >= 11 is 1.72. The molecule has 2 nitrogen and oxygen atoms in total. The fraction of sp³-hybridized carbons (Fsp3) is 0.400. The third-order valence-electron chi connectivity index (χ3n) is 1.80. The van der Waals surface area contributed by atoms with Gasteiger partial charge in [0.15, 0.2) is 0 Å². The van der Waals surface area contributed by atoms with Crippen molar-refractivity contribution >= 4 is 17.4 Å². The van der Waals surface area contributed by atoms with E-state index in [1.54, 1.807) is 11.8 Å². The van der Waals surface area contributed by atoms with Gasteiger partial charge in [-0.15, -0.1) is 11.8 Å². The standard InChI is InChI=1S/C10H16N2S/c1-10(2,7-11)13-9-6-4-3-5-8(9)12/h3-6H,7,11-12H2,1-2H3. The van der Waals surface area contributed by atoms with Crippen LogP contribution >= 0.6 is 11.8 Å². The summed E-state index contributed by atoms with van der Waals surface area (Å²) in [7, 11) is 0. The molecule has 0 radical (unpaired) electrons. The number of hydrogen-bond acceptors (Lipinski definition) is 3. The Morgan fingerprint density at radius 1 is 1.31 bits per heavy atom. The zero-order valence-electron chi connectivity index (χ0n) is 8.08. The largest absolute Gasteiger partial charge is 0.398 e. The zero-order chi connectivity index (χ0) is 9.90. The molecule has 0 bridgehead atoms. The zero-order valence-corrected chi connectivity index (χ0v) is 8.90. The SMILES string of the molecule is CC(C)(CN)Sc1ccccc1N. The monoisotopic (exact) mass is 196 g/mol. The first kappa shape index (κ1) is 10.4. The summed E-state index contributed by atoms with van der Waals surface area (Å²) in [5.74, 6) is 0. The first-order valence-corrected chi connectivity index (χ1v) is 5.10. The van der Waals surface area contributed by atoms with Gasteiger partial charge in [0.25, 0.3) is 0 Å². The third kappa shape index (κ3) is 2.94. The molecule has 0 aromatic heterocycles. The van der Waals surface area contributed by atoms with Gasteiger partial charge in [-0.3, -0.25) is 0 Å². The molecule has 0 spiro atoms. The molecule has 0 aliphatic heterocycles. The molecular formula is C10H16N2S. The van der Waals surface area contributed by atoms with E-state index in [2.05, 4.69) is 13.8 Å². The Kier molecular flexibility index (Phi) is 3.22. The third-order valence-corrected chi connectivity index (χ3v) is 3.11. The normalized spacial score (nSPS) is 11.6. The Morgan fingerprint density at radius 3 is 2.46 bits per heavy atom. The highest BCUT2D eigenvalue weighted by Gasteiger charge is 2.17. The van der Waals surface area contributed by atoms with Crippen LogP contribution in [0, 0.1) is 0 Å². The van der Waals surface area contributed by atoms with Crippen LogP contribution in [0.4, 0.5) is 5.69 Å². The van der Waals surface area contributed by atoms with Crippen molar-refractivity contribution in [2.75, 3.05) is 12.3 Å². The van der Waals surface area contributed by atoms with E-state index in [1.165, 1.54) is 0 Å². The van der Waals surface area contributed by atoms with E-state index < -0.39 is 0 Å². The average molecular weight is 196 g/mol. The van der Waals surface area contributed by atoms with E-state index in [-0.39, 0.29) is 4.75 Å². The Labute approximate surface area is 83.7 Å². The van der Waals surface area contributed by atoms with Gasteiger partial charge < -0.3 is 11.5 Å². The maximum Gasteiger partial charge on any atom is 0.0452 e. The van der Waals surface area contributed by atoms with Crippen LogP contribution in [0.5, 0.6) is 0 Å². The highest BCUT2D eigenvalue weighted by atomic mass is 32.2. The van der Waals surface area contributed by atoms with Crippen molar-refractivity contribution < 1.29 is 0 Å². The first-order valence-electron chi connectivity index (χ1n) is 4.29. The van der Waals surface area contributed by atoms with Crippen molar-refractivity contribution in [3.8, 4) is 0 Å². The lowest BCUT2D eigenvalue weighted by atomic mass is 10.2. The maximum atomic E-state index is 5.82. The molecule has 0 unspecified atom stereocenters. The molecule has 13 heavy (non-hydrogen) atoms. The Hall–Kier alpha value is -0.670. The van der Waals surface area contributed by atoms with Crippen LogP contribution in [-0.4, -0.2) is 11.3 Å². The maximum absolute atomic E-state index is 5.82. The average Bonchev–Trinajstić information content (AvgIpc) is 2.09. The van der Waals surface area contributed by atoms with Crippen molar-refractivity contribution in [2.24, 2.45) is 5.73 Å². The molecule has 1 aromatic carbocycles. The molecule has 0 atom stereocenters. The smallest absolute Gasteiger partial charge is 0.0452 e. The molecular weight excluding hydrogens is 180 g/mol. The summed E-state index contributed by atoms with van der Waals surface area (Å²) in [6.07, 6.45) is 0. The second-order valence-electron chi connectivity index (χ2n) is 3.60. The first-order chi connectivity index (χ1) is 6.05. The minimum Gasteiger partial charge on any atom is -0.398 e. The minimum absolute atomic E-state index is 0.0511. The molecule has 0 saturated carbocycles. The highest BCUT2D eigenvalue weighted by Crippen LogP contribution is 2.34. The van der Waals surface area contributed by atoms with Crippen molar-refractivity contribution in [3.63, 3.8) is 0 Å². The van der Waals surface area contributed by atoms with Gasteiger partial charge >= 0.3 is 0 Å². The van der Waals surface area contributed by atoms with Crippen LogP contribution in [0.25, 0.3) is 0 Å². The van der Waals surface area contributed by atoms with E-state index in [1.807, 2.05) is 24.3 Å². The summed E-state index contributed by atoms with van der Waals surface area (Å²) < 4.78 is 0.0511. The number of benzene rings is 1. The van der Waals surface area contributed by atoms with Crippen molar-refractivity contribution in [2.45, 2.75) is 23.5 Å². The van der Waals surface area contributed by atoms with Gasteiger partial charge in [0.05, 0.1) is 0 Å². The van der Waals surface area contributed by atoms with Crippen LogP contribution in [0.2, 0.25) is 0 Å². The molecule has 0 heterocycles. The van der Waals surface area contributed by atoms with E-state index in [9.17, 15) is 0 Å². The van der Waals surface area contributed by atoms with E-state index in [0.717, 1.165) is 10.6 Å². The number of para-hydroxylation sites is 1. The number of thioether (sulfide) groups is 1. The second-order valence-corrected chi connectivity index (χ2v) is 5.35. The molecule has 0 fully saturated rings. The fourth-order valence-corrected chi connectivity index (χ4v) is 1.92. The quantitative estimate of drug-likeness (QED) is 0.575. The molecule has 0 saturated heterocycles. The summed E-state index contributed by atoms with van der Waals surface area (Å²) in [5, 5.41) is 0. The Bertz CT molecular complexity index is 284. The van der Waals surface area contributed by atoms with E-state index >= 15 is 0 Å². The predicted octanol–water partition coefficient (Wildman–Crippen LogP) is 2.10. The molecule has 1 aromatic rings. The summed E-state index contributed by atoms with van der Waals surface area (Å²) in [5.41, 5.74) is 12.3. The molecule has 1 rings (SSSR count). The van der Waals surface area contributed by atoms with Gasteiger partial charge in [0.1, 0.15) is 0 Å². The van der Waals surface area contributed by atoms with Crippen LogP contribution in [-0.2, 0) is 0 Å². The lowest BCUT2D eigenvalue weighted by Gasteiger charge is -2.22. The Balaban J connectivity index is 2.80. The molecule has 0 aliphatic carbocycles. The van der Waals surface area contributed by atoms with Crippen LogP contribution < -0.4 is 11.5 Å². The van der Waals surface area contributed by atoms with Gasteiger partial charge in [0, 0.05) is 21.9 Å². The summed E-state index contributed by atoms with van der Waals surface area (Å²) in [6.45, 7) is 4.88. The number of anilines is 1. The lowest BCUT2D eigenvalue weighted by molar-refractivity contribution is 0.723. The molecule has 72 valence electrons. The minimum atomic E-state index is 0.0511. The molecule has 0 amide bonds. The van der Waals surface area contributed by atoms with Crippen LogP contribution in [0.1, 0.15) is 13.8 Å². The summed E-state index contributed by atoms with van der Waals surface area (Å²) in [4.78, 5) is 1.11. The van der Waals surface area contributed by atoms with Gasteiger partial charge in [-0.25, -0.2) is 0 Å². The van der Waals surface area contributed by atoms with E-state index in [0.29, 0.717) is 6.54 Å².